The highest BCUT2D eigenvalue weighted by Gasteiger charge is 2.36. The number of aromatic nitrogens is 1. The van der Waals surface area contributed by atoms with Crippen molar-refractivity contribution in [1.82, 2.24) is 9.88 Å². The molecule has 1 aromatic carbocycles. The Morgan fingerprint density at radius 2 is 1.83 bits per heavy atom. The van der Waals surface area contributed by atoms with Gasteiger partial charge in [-0.3, -0.25) is 0 Å². The lowest BCUT2D eigenvalue weighted by Crippen LogP contribution is -2.37. The van der Waals surface area contributed by atoms with Gasteiger partial charge in [0.05, 0.1) is 19.8 Å². The van der Waals surface area contributed by atoms with Crippen LogP contribution in [0.3, 0.4) is 0 Å². The van der Waals surface area contributed by atoms with Crippen molar-refractivity contribution in [2.24, 2.45) is 5.92 Å². The van der Waals surface area contributed by atoms with E-state index in [2.05, 4.69) is 15.5 Å². The number of hydrogen-bond acceptors (Lipinski definition) is 7. The van der Waals surface area contributed by atoms with Gasteiger partial charge in [-0.15, -0.1) is 0 Å². The third kappa shape index (κ3) is 11.0. The largest absolute Gasteiger partial charge is 0.466 e. The summed E-state index contributed by atoms with van der Waals surface area (Å²) in [4.78, 5) is 42.7. The maximum absolute atomic E-state index is 12.8. The third-order valence-electron chi connectivity index (χ3n) is 6.71. The fourth-order valence-corrected chi connectivity index (χ4v) is 4.72. The van der Waals surface area contributed by atoms with E-state index in [0.29, 0.717) is 50.8 Å². The van der Waals surface area contributed by atoms with Gasteiger partial charge in [0.25, 0.3) is 0 Å². The Kier molecular flexibility index (Phi) is 11.6. The topological polar surface area (TPSA) is 168 Å². The third-order valence-corrected chi connectivity index (χ3v) is 6.71. The first-order chi connectivity index (χ1) is 19.6. The summed E-state index contributed by atoms with van der Waals surface area (Å²) in [6.45, 7) is 6.84. The lowest BCUT2D eigenvalue weighted by Gasteiger charge is -2.29. The summed E-state index contributed by atoms with van der Waals surface area (Å²) in [5.74, 6) is 0.846. The fraction of sp³-hybridized carbons (Fsp3) is 0.538. The van der Waals surface area contributed by atoms with Crippen molar-refractivity contribution in [3.8, 4) is 11.1 Å². The van der Waals surface area contributed by atoms with E-state index in [9.17, 15) is 23.1 Å². The van der Waals surface area contributed by atoms with E-state index < -0.39 is 32.4 Å². The zero-order chi connectivity index (χ0) is 31.1. The summed E-state index contributed by atoms with van der Waals surface area (Å²) in [6, 6.07) is 8.88. The molecule has 2 amide bonds. The smallest absolute Gasteiger partial charge is 0.394 e. The fourth-order valence-electron chi connectivity index (χ4n) is 4.72. The minimum Gasteiger partial charge on any atom is -0.394 e. The number of aryl methyl sites for hydroxylation is 1. The van der Waals surface area contributed by atoms with Crippen LogP contribution in [0.5, 0.6) is 0 Å². The molecule has 0 saturated carbocycles. The number of anilines is 3. The van der Waals surface area contributed by atoms with Crippen LogP contribution in [-0.4, -0.2) is 93.9 Å². The van der Waals surface area contributed by atoms with Gasteiger partial charge in [-0.1, -0.05) is 6.07 Å². The predicted molar refractivity (Wildman–Crippen MR) is 151 cm³/mol. The minimum absolute atomic E-state index is 0.0420. The maximum Gasteiger partial charge on any atom is 0.466 e. The van der Waals surface area contributed by atoms with Gasteiger partial charge in [0.1, 0.15) is 11.6 Å². The van der Waals surface area contributed by atoms with Crippen LogP contribution in [0, 0.1) is 12.8 Å². The molecule has 3 heterocycles. The van der Waals surface area contributed by atoms with Crippen molar-refractivity contribution >= 4 is 31.2 Å². The summed E-state index contributed by atoms with van der Waals surface area (Å²) in [5, 5.41) is 15.6. The first-order valence-corrected chi connectivity index (χ1v) is 14.9. The number of carbonyl (C=O) groups is 1. The highest BCUT2D eigenvalue weighted by molar-refractivity contribution is 7.45. The first kappa shape index (κ1) is 33.6. The van der Waals surface area contributed by atoms with Crippen LogP contribution in [0.15, 0.2) is 30.3 Å². The second-order valence-corrected chi connectivity index (χ2v) is 11.3. The molecule has 6 N–H and O–H groups in total. The molecule has 2 aliphatic rings. The molecule has 2 aliphatic heterocycles. The molecule has 4 rings (SSSR count). The highest BCUT2D eigenvalue weighted by atomic mass is 31.2. The number of urea groups is 1. The quantitative estimate of drug-likeness (QED) is 0.252. The number of benzene rings is 1. The number of hydrogen-bond donors (Lipinski definition) is 6. The Balaban J connectivity index is 0.000000892. The van der Waals surface area contributed by atoms with Crippen LogP contribution < -0.4 is 15.5 Å². The molecule has 0 aliphatic carbocycles. The van der Waals surface area contributed by atoms with Crippen molar-refractivity contribution in [2.75, 3.05) is 61.5 Å². The molecule has 2 atom stereocenters. The summed E-state index contributed by atoms with van der Waals surface area (Å²) in [5.41, 5.74) is 3.34. The van der Waals surface area contributed by atoms with Crippen molar-refractivity contribution in [2.45, 2.75) is 38.9 Å². The van der Waals surface area contributed by atoms with Gasteiger partial charge in [0.2, 0.25) is 0 Å². The number of ether oxygens (including phenoxy) is 1. The zero-order valence-electron chi connectivity index (χ0n) is 23.3. The van der Waals surface area contributed by atoms with E-state index >= 15 is 0 Å². The molecule has 42 heavy (non-hydrogen) atoms. The van der Waals surface area contributed by atoms with E-state index in [0.717, 1.165) is 22.5 Å². The van der Waals surface area contributed by atoms with Crippen LogP contribution >= 0.6 is 7.82 Å². The second kappa shape index (κ2) is 14.5. The van der Waals surface area contributed by atoms with E-state index in [-0.39, 0.29) is 19.2 Å². The van der Waals surface area contributed by atoms with Crippen LogP contribution in [0.1, 0.15) is 25.3 Å². The van der Waals surface area contributed by atoms with Gasteiger partial charge in [-0.25, -0.2) is 14.3 Å². The van der Waals surface area contributed by atoms with Gasteiger partial charge in [-0.2, -0.15) is 13.2 Å². The standard InChI is InChI=1S/C26H34F3N5O3.H3O4P/c1-17-3-4-21(31-25(36)34-6-5-19(15-34)14-26(27,28)29)13-22(17)20-11-23(30-18(2)16-35)32-24(12-20)33-7-9-37-10-8-33;1-5(2,3)4/h3-4,11-13,18-19,35H,5-10,14-16H2,1-2H3,(H,30,32)(H,31,36);(H3,1,2,3,4)/t18?,19-;/m0./s1. The van der Waals surface area contributed by atoms with E-state index in [1.165, 1.54) is 4.90 Å². The molecule has 2 fully saturated rings. The molecule has 0 bridgehead atoms. The summed E-state index contributed by atoms with van der Waals surface area (Å²) >= 11 is 0. The van der Waals surface area contributed by atoms with Crippen LogP contribution in [-0.2, 0) is 9.30 Å². The number of halogens is 3. The summed E-state index contributed by atoms with van der Waals surface area (Å²) < 4.78 is 52.6. The van der Waals surface area contributed by atoms with Crippen molar-refractivity contribution in [1.29, 1.82) is 0 Å². The number of phosphoric acid groups is 1. The van der Waals surface area contributed by atoms with Crippen molar-refractivity contribution < 1.29 is 47.1 Å². The van der Waals surface area contributed by atoms with E-state index in [4.69, 9.17) is 29.0 Å². The molecule has 1 unspecified atom stereocenters. The molecular formula is C26H37F3N5O7P. The Morgan fingerprint density at radius 1 is 1.17 bits per heavy atom. The number of nitrogens with one attached hydrogen (secondary N) is 2. The monoisotopic (exact) mass is 619 g/mol. The van der Waals surface area contributed by atoms with E-state index in [1.807, 2.05) is 38.1 Å². The Morgan fingerprint density at radius 3 is 2.45 bits per heavy atom. The van der Waals surface area contributed by atoms with Crippen LogP contribution in [0.2, 0.25) is 0 Å². The molecule has 1 aromatic heterocycles. The average Bonchev–Trinajstić information content (AvgIpc) is 3.36. The second-order valence-electron chi connectivity index (χ2n) is 10.3. The summed E-state index contributed by atoms with van der Waals surface area (Å²) in [7, 11) is -4.64. The van der Waals surface area contributed by atoms with Crippen molar-refractivity contribution in [3.05, 3.63) is 35.9 Å². The number of rotatable bonds is 7. The number of pyridine rings is 1. The number of nitrogens with zero attached hydrogens (tertiary/aromatic N) is 3. The molecule has 234 valence electrons. The molecule has 0 spiro atoms. The molecule has 2 saturated heterocycles. The lowest BCUT2D eigenvalue weighted by molar-refractivity contribution is -0.143. The molecular weight excluding hydrogens is 582 g/mol. The number of likely N-dealkylation sites (tertiary alicyclic amines) is 1. The van der Waals surface area contributed by atoms with Gasteiger partial charge >= 0.3 is 20.0 Å². The normalized spacial score (nSPS) is 18.3. The van der Waals surface area contributed by atoms with Gasteiger partial charge in [0, 0.05) is 44.3 Å². The predicted octanol–water partition coefficient (Wildman–Crippen LogP) is 3.56. The highest BCUT2D eigenvalue weighted by Crippen LogP contribution is 2.33. The van der Waals surface area contributed by atoms with Gasteiger partial charge in [-0.05, 0) is 67.1 Å². The molecule has 16 heteroatoms. The molecule has 12 nitrogen and oxygen atoms in total. The Bertz CT molecular complexity index is 1250. The minimum atomic E-state index is -4.64. The number of aliphatic hydroxyl groups excluding tert-OH is 1. The van der Waals surface area contributed by atoms with Gasteiger partial charge in [0.15, 0.2) is 0 Å². The van der Waals surface area contributed by atoms with E-state index in [1.54, 1.807) is 6.07 Å². The number of carbonyl (C=O) groups excluding carboxylic acids is 1. The maximum atomic E-state index is 12.8. The number of amides is 2. The van der Waals surface area contributed by atoms with Crippen LogP contribution in [0.4, 0.5) is 35.3 Å². The number of aliphatic hydroxyl groups is 1. The average molecular weight is 620 g/mol. The Hall–Kier alpha value is -2.94. The van der Waals surface area contributed by atoms with Crippen LogP contribution in [0.25, 0.3) is 11.1 Å². The zero-order valence-corrected chi connectivity index (χ0v) is 24.2. The first-order valence-electron chi connectivity index (χ1n) is 13.4. The number of alkyl halides is 3. The Labute approximate surface area is 241 Å². The van der Waals surface area contributed by atoms with Crippen molar-refractivity contribution in [3.63, 3.8) is 0 Å². The number of morpholine rings is 1. The lowest BCUT2D eigenvalue weighted by atomic mass is 10.00. The summed E-state index contributed by atoms with van der Waals surface area (Å²) in [6.07, 6.45) is -4.75. The van der Waals surface area contributed by atoms with Gasteiger partial charge < -0.3 is 45.0 Å². The SMILES string of the molecule is Cc1ccc(NC(=O)N2CC[C@@H](CC(F)(F)F)C2)cc1-c1cc(NC(C)CO)nc(N2CCOCC2)c1.O=P(O)(O)O. The molecule has 2 aromatic rings. The molecule has 0 radical (unpaired) electrons.